The first-order chi connectivity index (χ1) is 16.7. The van der Waals surface area contributed by atoms with E-state index in [1.165, 1.54) is 0 Å². The first-order valence-electron chi connectivity index (χ1n) is 11.6. The second-order valence-corrected chi connectivity index (χ2v) is 8.49. The van der Waals surface area contributed by atoms with E-state index in [0.717, 1.165) is 66.7 Å². The number of aromatic nitrogens is 3. The van der Waals surface area contributed by atoms with Crippen molar-refractivity contribution in [2.45, 2.75) is 13.5 Å². The zero-order valence-corrected chi connectivity index (χ0v) is 19.2. The fourth-order valence-corrected chi connectivity index (χ4v) is 4.41. The van der Waals surface area contributed by atoms with Gasteiger partial charge in [0.2, 0.25) is 0 Å². The molecule has 0 unspecified atom stereocenters. The average Bonchev–Trinajstić information content (AvgIpc) is 3.20. The van der Waals surface area contributed by atoms with Gasteiger partial charge in [-0.25, -0.2) is 4.98 Å². The summed E-state index contributed by atoms with van der Waals surface area (Å²) in [7, 11) is 0. The lowest BCUT2D eigenvalue weighted by atomic mass is 10.1. The summed E-state index contributed by atoms with van der Waals surface area (Å²) in [6, 6.07) is 19.6. The Hall–Kier alpha value is -3.97. The van der Waals surface area contributed by atoms with Gasteiger partial charge in [0.05, 0.1) is 11.4 Å². The summed E-state index contributed by atoms with van der Waals surface area (Å²) in [5, 5.41) is 3.19. The van der Waals surface area contributed by atoms with Crippen molar-refractivity contribution in [1.29, 1.82) is 0 Å². The van der Waals surface area contributed by atoms with Gasteiger partial charge in [-0.15, -0.1) is 0 Å². The number of benzene rings is 1. The number of rotatable bonds is 6. The van der Waals surface area contributed by atoms with E-state index >= 15 is 0 Å². The maximum atomic E-state index is 13.1. The van der Waals surface area contributed by atoms with Crippen molar-refractivity contribution in [3.63, 3.8) is 0 Å². The van der Waals surface area contributed by atoms with Gasteiger partial charge in [-0.1, -0.05) is 36.4 Å². The van der Waals surface area contributed by atoms with Gasteiger partial charge >= 0.3 is 0 Å². The number of hydrogen-bond acceptors (Lipinski definition) is 5. The van der Waals surface area contributed by atoms with Gasteiger partial charge in [0, 0.05) is 73.7 Å². The minimum Gasteiger partial charge on any atom is -0.357 e. The van der Waals surface area contributed by atoms with Gasteiger partial charge in [-0.3, -0.25) is 14.7 Å². The standard InChI is InChI=1S/C27H28N6O/c1-20-23(19-32-15-17-33(18-16-32)24-9-5-6-12-29-24)26(25(30-20)21-7-3-2-4-8-21)31-27(34)22-10-13-28-14-11-22/h2-14,30H,15-19H2,1H3,(H,31,34). The minimum atomic E-state index is -0.139. The molecule has 2 N–H and O–H groups in total. The van der Waals surface area contributed by atoms with Gasteiger partial charge in [-0.05, 0) is 31.2 Å². The van der Waals surface area contributed by atoms with E-state index < -0.39 is 0 Å². The highest BCUT2D eigenvalue weighted by Crippen LogP contribution is 2.34. The average molecular weight is 453 g/mol. The van der Waals surface area contributed by atoms with E-state index in [-0.39, 0.29) is 5.91 Å². The fraction of sp³-hybridized carbons (Fsp3) is 0.222. The number of aryl methyl sites for hydroxylation is 1. The van der Waals surface area contributed by atoms with Crippen LogP contribution in [0, 0.1) is 6.92 Å². The molecule has 1 aromatic carbocycles. The van der Waals surface area contributed by atoms with E-state index in [0.29, 0.717) is 5.56 Å². The minimum absolute atomic E-state index is 0.139. The number of nitrogens with zero attached hydrogens (tertiary/aromatic N) is 4. The molecule has 0 atom stereocenters. The fourth-order valence-electron chi connectivity index (χ4n) is 4.41. The Morgan fingerprint density at radius 3 is 2.38 bits per heavy atom. The third kappa shape index (κ3) is 4.70. The Kier molecular flexibility index (Phi) is 6.35. The normalized spacial score (nSPS) is 14.2. The molecule has 7 heteroatoms. The van der Waals surface area contributed by atoms with Crippen LogP contribution in [0.25, 0.3) is 11.3 Å². The predicted molar refractivity (Wildman–Crippen MR) is 135 cm³/mol. The molecule has 0 saturated carbocycles. The number of piperazine rings is 1. The molecule has 1 aliphatic heterocycles. The Morgan fingerprint density at radius 1 is 0.941 bits per heavy atom. The highest BCUT2D eigenvalue weighted by atomic mass is 16.1. The Labute approximate surface area is 199 Å². The summed E-state index contributed by atoms with van der Waals surface area (Å²) in [4.78, 5) is 29.9. The predicted octanol–water partition coefficient (Wildman–Crippen LogP) is 4.35. The third-order valence-electron chi connectivity index (χ3n) is 6.29. The number of carbonyl (C=O) groups is 1. The molecule has 7 nitrogen and oxygen atoms in total. The highest BCUT2D eigenvalue weighted by molar-refractivity contribution is 6.06. The molecule has 4 aromatic rings. The van der Waals surface area contributed by atoms with Crippen LogP contribution in [0.2, 0.25) is 0 Å². The van der Waals surface area contributed by atoms with Crippen molar-refractivity contribution in [1.82, 2.24) is 19.9 Å². The molecule has 1 fully saturated rings. The zero-order valence-electron chi connectivity index (χ0n) is 19.2. The van der Waals surface area contributed by atoms with Crippen LogP contribution in [0.15, 0.2) is 79.3 Å². The maximum absolute atomic E-state index is 13.1. The topological polar surface area (TPSA) is 77.2 Å². The molecular weight excluding hydrogens is 424 g/mol. The largest absolute Gasteiger partial charge is 0.357 e. The van der Waals surface area contributed by atoms with Gasteiger partial charge in [0.15, 0.2) is 0 Å². The lowest BCUT2D eigenvalue weighted by molar-refractivity contribution is 0.102. The molecule has 4 heterocycles. The van der Waals surface area contributed by atoms with Crippen molar-refractivity contribution < 1.29 is 4.79 Å². The second-order valence-electron chi connectivity index (χ2n) is 8.49. The van der Waals surface area contributed by atoms with Crippen LogP contribution in [-0.4, -0.2) is 51.9 Å². The molecule has 1 aliphatic rings. The molecule has 1 saturated heterocycles. The summed E-state index contributed by atoms with van der Waals surface area (Å²) in [6.45, 7) is 6.54. The van der Waals surface area contributed by atoms with Gasteiger partial charge in [-0.2, -0.15) is 0 Å². The number of anilines is 2. The number of amides is 1. The molecule has 3 aromatic heterocycles. The van der Waals surface area contributed by atoms with E-state index in [4.69, 9.17) is 0 Å². The number of aromatic amines is 1. The smallest absolute Gasteiger partial charge is 0.255 e. The van der Waals surface area contributed by atoms with Gasteiger partial charge in [0.1, 0.15) is 5.82 Å². The molecule has 1 amide bonds. The van der Waals surface area contributed by atoms with Gasteiger partial charge in [0.25, 0.3) is 5.91 Å². The van der Waals surface area contributed by atoms with E-state index in [9.17, 15) is 4.79 Å². The number of nitrogens with one attached hydrogen (secondary N) is 2. The van der Waals surface area contributed by atoms with Crippen LogP contribution < -0.4 is 10.2 Å². The second kappa shape index (κ2) is 9.89. The van der Waals surface area contributed by atoms with Crippen molar-refractivity contribution in [2.75, 3.05) is 36.4 Å². The quantitative estimate of drug-likeness (QED) is 0.455. The molecule has 5 rings (SSSR count). The van der Waals surface area contributed by atoms with Crippen LogP contribution in [0.4, 0.5) is 11.5 Å². The molecule has 0 aliphatic carbocycles. The Bertz CT molecular complexity index is 1230. The lowest BCUT2D eigenvalue weighted by Gasteiger charge is -2.35. The van der Waals surface area contributed by atoms with Crippen LogP contribution in [0.5, 0.6) is 0 Å². The van der Waals surface area contributed by atoms with Crippen molar-refractivity contribution in [3.8, 4) is 11.3 Å². The van der Waals surface area contributed by atoms with Crippen LogP contribution in [0.3, 0.4) is 0 Å². The molecule has 0 spiro atoms. The Morgan fingerprint density at radius 2 is 1.68 bits per heavy atom. The van der Waals surface area contributed by atoms with Crippen LogP contribution in [0.1, 0.15) is 21.6 Å². The third-order valence-corrected chi connectivity index (χ3v) is 6.29. The van der Waals surface area contributed by atoms with Crippen molar-refractivity contribution in [2.24, 2.45) is 0 Å². The molecule has 0 bridgehead atoms. The molecule has 34 heavy (non-hydrogen) atoms. The highest BCUT2D eigenvalue weighted by Gasteiger charge is 2.24. The summed E-state index contributed by atoms with van der Waals surface area (Å²) in [6.07, 6.45) is 5.11. The maximum Gasteiger partial charge on any atom is 0.255 e. The summed E-state index contributed by atoms with van der Waals surface area (Å²) < 4.78 is 0. The van der Waals surface area contributed by atoms with Crippen molar-refractivity contribution in [3.05, 3.63) is 96.1 Å². The summed E-state index contributed by atoms with van der Waals surface area (Å²) in [5.41, 5.74) is 5.59. The van der Waals surface area contributed by atoms with E-state index in [1.54, 1.807) is 24.5 Å². The number of H-pyrrole nitrogens is 1. The van der Waals surface area contributed by atoms with E-state index in [1.807, 2.05) is 36.5 Å². The van der Waals surface area contributed by atoms with Crippen molar-refractivity contribution >= 4 is 17.4 Å². The lowest BCUT2D eigenvalue weighted by Crippen LogP contribution is -2.46. The van der Waals surface area contributed by atoms with E-state index in [2.05, 4.69) is 55.2 Å². The number of pyridine rings is 2. The first kappa shape index (κ1) is 21.9. The summed E-state index contributed by atoms with van der Waals surface area (Å²) >= 11 is 0. The monoisotopic (exact) mass is 452 g/mol. The number of hydrogen-bond donors (Lipinski definition) is 2. The molecule has 172 valence electrons. The first-order valence-corrected chi connectivity index (χ1v) is 11.6. The SMILES string of the molecule is Cc1[nH]c(-c2ccccc2)c(NC(=O)c2ccncc2)c1CN1CCN(c2ccccn2)CC1. The zero-order chi connectivity index (χ0) is 23.3. The van der Waals surface area contributed by atoms with Crippen LogP contribution >= 0.6 is 0 Å². The van der Waals surface area contributed by atoms with Crippen LogP contribution in [-0.2, 0) is 6.54 Å². The summed E-state index contributed by atoms with van der Waals surface area (Å²) in [5.74, 6) is 0.886. The number of carbonyl (C=O) groups excluding carboxylic acids is 1. The molecular formula is C27H28N6O. The van der Waals surface area contributed by atoms with Gasteiger partial charge < -0.3 is 15.2 Å². The molecule has 0 radical (unpaired) electrons. The Balaban J connectivity index is 1.39.